The van der Waals surface area contributed by atoms with Crippen molar-refractivity contribution in [2.45, 2.75) is 32.7 Å². The highest BCUT2D eigenvalue weighted by atomic mass is 32.2. The van der Waals surface area contributed by atoms with Crippen LogP contribution in [-0.2, 0) is 14.8 Å². The van der Waals surface area contributed by atoms with Gasteiger partial charge in [0.25, 0.3) is 0 Å². The van der Waals surface area contributed by atoms with Crippen LogP contribution in [0.15, 0.2) is 0 Å². The number of rotatable bonds is 7. The van der Waals surface area contributed by atoms with Gasteiger partial charge < -0.3 is 5.11 Å². The lowest BCUT2D eigenvalue weighted by atomic mass is 10.3. The molecule has 6 nitrogen and oxygen atoms in total. The molecule has 7 heteroatoms. The average molecular weight is 248 g/mol. The summed E-state index contributed by atoms with van der Waals surface area (Å²) in [5.41, 5.74) is 0. The zero-order valence-electron chi connectivity index (χ0n) is 9.38. The normalized spacial score (nSPS) is 11.7. The van der Waals surface area contributed by atoms with Crippen LogP contribution in [0.4, 0.5) is 0 Å². The molecule has 0 atom stereocenters. The molecule has 0 heterocycles. The molecule has 0 aromatic heterocycles. The Morgan fingerprint density at radius 2 is 2.06 bits per heavy atom. The summed E-state index contributed by atoms with van der Waals surface area (Å²) in [5, 5.41) is 16.9. The molecule has 0 fully saturated rings. The second-order valence-corrected chi connectivity index (χ2v) is 5.61. The maximum Gasteiger partial charge on any atom is 0.304 e. The van der Waals surface area contributed by atoms with Crippen molar-refractivity contribution < 1.29 is 18.3 Å². The van der Waals surface area contributed by atoms with Gasteiger partial charge in [-0.15, -0.1) is 0 Å². The van der Waals surface area contributed by atoms with Gasteiger partial charge in [-0.25, -0.2) is 8.42 Å². The van der Waals surface area contributed by atoms with Crippen LogP contribution in [-0.4, -0.2) is 42.1 Å². The van der Waals surface area contributed by atoms with Crippen molar-refractivity contribution in [2.24, 2.45) is 0 Å². The first-order chi connectivity index (χ1) is 7.31. The van der Waals surface area contributed by atoms with Gasteiger partial charge in [0.15, 0.2) is 0 Å². The van der Waals surface area contributed by atoms with Crippen LogP contribution in [0.2, 0.25) is 0 Å². The Labute approximate surface area is 95.5 Å². The molecule has 1 N–H and O–H groups in total. The summed E-state index contributed by atoms with van der Waals surface area (Å²) < 4.78 is 24.6. The van der Waals surface area contributed by atoms with E-state index in [2.05, 4.69) is 0 Å². The Morgan fingerprint density at radius 3 is 2.44 bits per heavy atom. The van der Waals surface area contributed by atoms with Crippen LogP contribution in [0.3, 0.4) is 0 Å². The minimum Gasteiger partial charge on any atom is -0.481 e. The summed E-state index contributed by atoms with van der Waals surface area (Å²) in [5.74, 6) is -1.57. The molecule has 0 aromatic rings. The Bertz CT molecular complexity index is 369. The summed E-state index contributed by atoms with van der Waals surface area (Å²) in [4.78, 5) is 10.3. The van der Waals surface area contributed by atoms with E-state index in [9.17, 15) is 13.2 Å². The van der Waals surface area contributed by atoms with E-state index in [-0.39, 0.29) is 19.0 Å². The summed E-state index contributed by atoms with van der Waals surface area (Å²) in [6.07, 6.45) is -0.317. The van der Waals surface area contributed by atoms with Crippen molar-refractivity contribution in [2.75, 3.05) is 12.3 Å². The second-order valence-electron chi connectivity index (χ2n) is 3.57. The predicted octanol–water partition coefficient (Wildman–Crippen LogP) is 0.415. The van der Waals surface area contributed by atoms with Gasteiger partial charge in [-0.3, -0.25) is 4.79 Å². The van der Waals surface area contributed by atoms with Crippen LogP contribution in [0.1, 0.15) is 26.7 Å². The minimum atomic E-state index is -3.59. The number of carboxylic acid groups (broad SMARTS) is 1. The number of aliphatic carboxylic acids is 1. The van der Waals surface area contributed by atoms with Crippen molar-refractivity contribution >= 4 is 16.0 Å². The highest BCUT2D eigenvalue weighted by Crippen LogP contribution is 2.09. The van der Waals surface area contributed by atoms with Gasteiger partial charge in [0.1, 0.15) is 0 Å². The predicted molar refractivity (Wildman–Crippen MR) is 58.1 cm³/mol. The van der Waals surface area contributed by atoms with Crippen LogP contribution < -0.4 is 0 Å². The lowest BCUT2D eigenvalue weighted by molar-refractivity contribution is -0.136. The maximum absolute atomic E-state index is 11.7. The van der Waals surface area contributed by atoms with Gasteiger partial charge in [-0.05, 0) is 13.8 Å². The molecule has 0 amide bonds. The van der Waals surface area contributed by atoms with E-state index in [0.29, 0.717) is 0 Å². The SMILES string of the molecule is CC(C)N(CCC#N)S(=O)(=O)CCC(=O)O. The monoisotopic (exact) mass is 248 g/mol. The molecule has 0 aliphatic carbocycles. The molecule has 0 radical (unpaired) electrons. The molecular weight excluding hydrogens is 232 g/mol. The van der Waals surface area contributed by atoms with Crippen LogP contribution in [0.5, 0.6) is 0 Å². The van der Waals surface area contributed by atoms with Crippen LogP contribution in [0, 0.1) is 11.3 Å². The number of hydrogen-bond acceptors (Lipinski definition) is 4. The summed E-state index contributed by atoms with van der Waals surface area (Å²) in [7, 11) is -3.59. The van der Waals surface area contributed by atoms with Gasteiger partial charge in [-0.1, -0.05) is 0 Å². The molecule has 0 saturated heterocycles. The number of sulfonamides is 1. The number of carboxylic acids is 1. The van der Waals surface area contributed by atoms with Crippen molar-refractivity contribution in [1.82, 2.24) is 4.31 Å². The van der Waals surface area contributed by atoms with Gasteiger partial charge in [0.2, 0.25) is 10.0 Å². The molecular formula is C9H16N2O4S. The third kappa shape index (κ3) is 5.09. The van der Waals surface area contributed by atoms with Crippen LogP contribution in [0.25, 0.3) is 0 Å². The lowest BCUT2D eigenvalue weighted by Gasteiger charge is -2.24. The van der Waals surface area contributed by atoms with Crippen LogP contribution >= 0.6 is 0 Å². The molecule has 92 valence electrons. The molecule has 0 aromatic carbocycles. The smallest absolute Gasteiger partial charge is 0.304 e. The Kier molecular flexibility index (Phi) is 6.00. The molecule has 0 spiro atoms. The number of hydrogen-bond donors (Lipinski definition) is 1. The van der Waals surface area contributed by atoms with Gasteiger partial charge in [-0.2, -0.15) is 9.57 Å². The summed E-state index contributed by atoms with van der Waals surface area (Å²) in [6.45, 7) is 3.49. The standard InChI is InChI=1S/C9H16N2O4S/c1-8(2)11(6-3-5-10)16(14,15)7-4-9(12)13/h8H,3-4,6-7H2,1-2H3,(H,12,13). The summed E-state index contributed by atoms with van der Waals surface area (Å²) >= 11 is 0. The fourth-order valence-electron chi connectivity index (χ4n) is 1.21. The average Bonchev–Trinajstić information content (AvgIpc) is 2.14. The largest absolute Gasteiger partial charge is 0.481 e. The number of nitriles is 1. The molecule has 0 unspecified atom stereocenters. The van der Waals surface area contributed by atoms with Gasteiger partial charge in [0.05, 0.1) is 18.2 Å². The molecule has 0 aliphatic heterocycles. The van der Waals surface area contributed by atoms with E-state index in [1.807, 2.05) is 6.07 Å². The van der Waals surface area contributed by atoms with Gasteiger partial charge >= 0.3 is 5.97 Å². The molecule has 0 bridgehead atoms. The zero-order chi connectivity index (χ0) is 12.8. The Balaban J connectivity index is 4.64. The van der Waals surface area contributed by atoms with E-state index in [1.54, 1.807) is 13.8 Å². The van der Waals surface area contributed by atoms with Crippen molar-refractivity contribution in [3.63, 3.8) is 0 Å². The van der Waals surface area contributed by atoms with E-state index >= 15 is 0 Å². The van der Waals surface area contributed by atoms with Crippen molar-refractivity contribution in [3.8, 4) is 6.07 Å². The fourth-order valence-corrected chi connectivity index (χ4v) is 2.89. The lowest BCUT2D eigenvalue weighted by Crippen LogP contribution is -2.39. The molecule has 0 aliphatic rings. The number of carbonyl (C=O) groups is 1. The first-order valence-corrected chi connectivity index (χ1v) is 6.50. The Morgan fingerprint density at radius 1 is 1.50 bits per heavy atom. The van der Waals surface area contributed by atoms with Gasteiger partial charge in [0, 0.05) is 19.0 Å². The van der Waals surface area contributed by atoms with Crippen molar-refractivity contribution in [3.05, 3.63) is 0 Å². The number of nitrogens with zero attached hydrogens (tertiary/aromatic N) is 2. The Hall–Kier alpha value is -1.13. The second kappa shape index (κ2) is 6.45. The molecule has 16 heavy (non-hydrogen) atoms. The topological polar surface area (TPSA) is 98.5 Å². The zero-order valence-corrected chi connectivity index (χ0v) is 10.2. The minimum absolute atomic E-state index is 0.102. The highest BCUT2D eigenvalue weighted by Gasteiger charge is 2.24. The third-order valence-electron chi connectivity index (χ3n) is 1.95. The molecule has 0 rings (SSSR count). The third-order valence-corrected chi connectivity index (χ3v) is 3.99. The van der Waals surface area contributed by atoms with E-state index in [4.69, 9.17) is 10.4 Å². The highest BCUT2D eigenvalue weighted by molar-refractivity contribution is 7.89. The van der Waals surface area contributed by atoms with E-state index in [0.717, 1.165) is 0 Å². The maximum atomic E-state index is 11.7. The first kappa shape index (κ1) is 14.9. The van der Waals surface area contributed by atoms with Crippen molar-refractivity contribution in [1.29, 1.82) is 5.26 Å². The molecule has 0 saturated carbocycles. The first-order valence-electron chi connectivity index (χ1n) is 4.89. The quantitative estimate of drug-likeness (QED) is 0.703. The summed E-state index contributed by atoms with van der Waals surface area (Å²) in [6, 6.07) is 1.60. The van der Waals surface area contributed by atoms with E-state index < -0.39 is 28.2 Å². The van der Waals surface area contributed by atoms with E-state index in [1.165, 1.54) is 4.31 Å². The fraction of sp³-hybridized carbons (Fsp3) is 0.778.